The first-order valence-corrected chi connectivity index (χ1v) is 6.82. The van der Waals surface area contributed by atoms with E-state index in [0.717, 1.165) is 0 Å². The third-order valence-corrected chi connectivity index (χ3v) is 3.04. The molecule has 22 heavy (non-hydrogen) atoms. The number of phenols is 1. The minimum absolute atomic E-state index is 0.0304. The minimum Gasteiger partial charge on any atom is -0.508 e. The van der Waals surface area contributed by atoms with Crippen molar-refractivity contribution in [2.45, 2.75) is 26.8 Å². The number of anilines is 1. The minimum atomic E-state index is -1.16. The zero-order valence-corrected chi connectivity index (χ0v) is 12.7. The van der Waals surface area contributed by atoms with Gasteiger partial charge < -0.3 is 15.5 Å². The number of aliphatic carboxylic acids is 1. The molecule has 1 rings (SSSR count). The Morgan fingerprint density at radius 2 is 1.91 bits per heavy atom. The van der Waals surface area contributed by atoms with Crippen LogP contribution in [-0.2, 0) is 14.4 Å². The highest BCUT2D eigenvalue weighted by Crippen LogP contribution is 2.25. The molecule has 1 aromatic carbocycles. The van der Waals surface area contributed by atoms with Gasteiger partial charge in [-0.05, 0) is 18.1 Å². The third kappa shape index (κ3) is 4.47. The Bertz CT molecular complexity index is 571. The molecule has 0 saturated heterocycles. The van der Waals surface area contributed by atoms with E-state index in [-0.39, 0.29) is 17.6 Å². The summed E-state index contributed by atoms with van der Waals surface area (Å²) < 4.78 is 0. The van der Waals surface area contributed by atoms with Gasteiger partial charge in [-0.25, -0.2) is 0 Å². The van der Waals surface area contributed by atoms with E-state index in [9.17, 15) is 19.5 Å². The Labute approximate surface area is 128 Å². The van der Waals surface area contributed by atoms with E-state index in [0.29, 0.717) is 5.69 Å². The highest BCUT2D eigenvalue weighted by molar-refractivity contribution is 6.00. The fourth-order valence-electron chi connectivity index (χ4n) is 2.17. The van der Waals surface area contributed by atoms with Gasteiger partial charge in [-0.3, -0.25) is 19.3 Å². The lowest BCUT2D eigenvalue weighted by molar-refractivity contribution is -0.138. The number of carbonyl (C=O) groups excluding carboxylic acids is 2. The smallest absolute Gasteiger partial charge is 0.322 e. The Hall–Kier alpha value is -2.57. The summed E-state index contributed by atoms with van der Waals surface area (Å²) in [6.07, 6.45) is 0. The Morgan fingerprint density at radius 3 is 2.36 bits per heavy atom. The van der Waals surface area contributed by atoms with Crippen molar-refractivity contribution in [3.8, 4) is 5.75 Å². The van der Waals surface area contributed by atoms with Gasteiger partial charge in [0.15, 0.2) is 0 Å². The van der Waals surface area contributed by atoms with Gasteiger partial charge in [0.25, 0.3) is 0 Å². The molecule has 0 aliphatic rings. The maximum Gasteiger partial charge on any atom is 0.322 e. The lowest BCUT2D eigenvalue weighted by Crippen LogP contribution is -2.52. The molecule has 0 fully saturated rings. The van der Waals surface area contributed by atoms with Crippen LogP contribution in [0.3, 0.4) is 0 Å². The average molecular weight is 308 g/mol. The molecule has 0 aliphatic heterocycles. The number of carbonyl (C=O) groups is 3. The molecule has 3 N–H and O–H groups in total. The van der Waals surface area contributed by atoms with Gasteiger partial charge >= 0.3 is 5.97 Å². The SMILES string of the molecule is CC(=O)N(c1cccc(O)c1)C(C(=O)NCC(=O)O)C(C)C. The number of rotatable bonds is 6. The number of hydrogen-bond acceptors (Lipinski definition) is 4. The molecule has 0 aromatic heterocycles. The quantitative estimate of drug-likeness (QED) is 0.726. The van der Waals surface area contributed by atoms with Crippen molar-refractivity contribution in [3.63, 3.8) is 0 Å². The summed E-state index contributed by atoms with van der Waals surface area (Å²) in [4.78, 5) is 36.1. The summed E-state index contributed by atoms with van der Waals surface area (Å²) in [6.45, 7) is 4.30. The lowest BCUT2D eigenvalue weighted by atomic mass is 10.0. The van der Waals surface area contributed by atoms with Crippen LogP contribution in [0.15, 0.2) is 24.3 Å². The summed E-state index contributed by atoms with van der Waals surface area (Å²) in [5, 5.41) is 20.5. The first-order chi connectivity index (χ1) is 10.2. The van der Waals surface area contributed by atoms with E-state index in [1.165, 1.54) is 24.0 Å². The van der Waals surface area contributed by atoms with Crippen molar-refractivity contribution in [2.24, 2.45) is 5.92 Å². The Balaban J connectivity index is 3.15. The molecular formula is C15H20N2O5. The Morgan fingerprint density at radius 1 is 1.27 bits per heavy atom. The van der Waals surface area contributed by atoms with Gasteiger partial charge in [-0.2, -0.15) is 0 Å². The molecule has 0 aliphatic carbocycles. The molecule has 2 amide bonds. The average Bonchev–Trinajstić information content (AvgIpc) is 2.41. The van der Waals surface area contributed by atoms with Gasteiger partial charge in [0.1, 0.15) is 18.3 Å². The fourth-order valence-corrected chi connectivity index (χ4v) is 2.17. The molecule has 0 saturated carbocycles. The maximum absolute atomic E-state index is 12.3. The molecule has 0 heterocycles. The normalized spacial score (nSPS) is 11.8. The maximum atomic E-state index is 12.3. The number of hydrogen-bond donors (Lipinski definition) is 3. The molecule has 1 unspecified atom stereocenters. The second kappa shape index (κ2) is 7.44. The van der Waals surface area contributed by atoms with Crippen LogP contribution >= 0.6 is 0 Å². The number of benzene rings is 1. The molecular weight excluding hydrogens is 288 g/mol. The van der Waals surface area contributed by atoms with Crippen LogP contribution in [0.25, 0.3) is 0 Å². The number of phenolic OH excluding ortho intramolecular Hbond substituents is 1. The summed E-state index contributed by atoms with van der Waals surface area (Å²) in [5.74, 6) is -2.38. The topological polar surface area (TPSA) is 107 Å². The molecule has 120 valence electrons. The highest BCUT2D eigenvalue weighted by atomic mass is 16.4. The van der Waals surface area contributed by atoms with Crippen molar-refractivity contribution in [1.29, 1.82) is 0 Å². The first kappa shape index (κ1) is 17.5. The predicted molar refractivity (Wildman–Crippen MR) is 80.5 cm³/mol. The van der Waals surface area contributed by atoms with Gasteiger partial charge in [0.05, 0.1) is 0 Å². The summed E-state index contributed by atoms with van der Waals surface area (Å²) in [7, 11) is 0. The fraction of sp³-hybridized carbons (Fsp3) is 0.400. The van der Waals surface area contributed by atoms with Gasteiger partial charge in [-0.15, -0.1) is 0 Å². The van der Waals surface area contributed by atoms with E-state index in [1.807, 2.05) is 0 Å². The third-order valence-electron chi connectivity index (χ3n) is 3.04. The molecule has 7 heteroatoms. The van der Waals surface area contributed by atoms with Crippen LogP contribution in [-0.4, -0.2) is 40.6 Å². The summed E-state index contributed by atoms with van der Waals surface area (Å²) in [5.41, 5.74) is 0.372. The molecule has 7 nitrogen and oxygen atoms in total. The van der Waals surface area contributed by atoms with E-state index >= 15 is 0 Å². The second-order valence-corrected chi connectivity index (χ2v) is 5.21. The van der Waals surface area contributed by atoms with Crippen molar-refractivity contribution >= 4 is 23.5 Å². The number of carboxylic acids is 1. The van der Waals surface area contributed by atoms with Gasteiger partial charge in [-0.1, -0.05) is 19.9 Å². The largest absolute Gasteiger partial charge is 0.508 e. The number of amides is 2. The lowest BCUT2D eigenvalue weighted by Gasteiger charge is -2.32. The van der Waals surface area contributed by atoms with Crippen LogP contribution in [0.5, 0.6) is 5.75 Å². The summed E-state index contributed by atoms with van der Waals surface area (Å²) >= 11 is 0. The molecule has 0 radical (unpaired) electrons. The monoisotopic (exact) mass is 308 g/mol. The van der Waals surface area contributed by atoms with Crippen molar-refractivity contribution in [2.75, 3.05) is 11.4 Å². The van der Waals surface area contributed by atoms with Crippen LogP contribution in [0, 0.1) is 5.92 Å². The van der Waals surface area contributed by atoms with Gasteiger partial charge in [0.2, 0.25) is 11.8 Å². The van der Waals surface area contributed by atoms with Gasteiger partial charge in [0, 0.05) is 18.7 Å². The van der Waals surface area contributed by atoms with Crippen LogP contribution in [0.4, 0.5) is 5.69 Å². The molecule has 1 atom stereocenters. The second-order valence-electron chi connectivity index (χ2n) is 5.21. The molecule has 0 spiro atoms. The van der Waals surface area contributed by atoms with E-state index in [4.69, 9.17) is 5.11 Å². The van der Waals surface area contributed by atoms with Crippen molar-refractivity contribution < 1.29 is 24.6 Å². The number of nitrogens with zero attached hydrogens (tertiary/aromatic N) is 1. The Kier molecular flexibility index (Phi) is 5.91. The zero-order valence-electron chi connectivity index (χ0n) is 12.7. The predicted octanol–water partition coefficient (Wildman–Crippen LogP) is 0.970. The van der Waals surface area contributed by atoms with E-state index < -0.39 is 24.5 Å². The highest BCUT2D eigenvalue weighted by Gasteiger charge is 2.32. The zero-order chi connectivity index (χ0) is 16.9. The van der Waals surface area contributed by atoms with E-state index in [1.54, 1.807) is 26.0 Å². The van der Waals surface area contributed by atoms with Crippen LogP contribution in [0.1, 0.15) is 20.8 Å². The van der Waals surface area contributed by atoms with Crippen molar-refractivity contribution in [1.82, 2.24) is 5.32 Å². The molecule has 1 aromatic rings. The van der Waals surface area contributed by atoms with Crippen molar-refractivity contribution in [3.05, 3.63) is 24.3 Å². The van der Waals surface area contributed by atoms with Crippen LogP contribution in [0.2, 0.25) is 0 Å². The number of nitrogens with one attached hydrogen (secondary N) is 1. The standard InChI is InChI=1S/C15H20N2O5/c1-9(2)14(15(22)16-8-13(20)21)17(10(3)18)11-5-4-6-12(19)7-11/h4-7,9,14,19H,8H2,1-3H3,(H,16,22)(H,20,21). The summed E-state index contributed by atoms with van der Waals surface area (Å²) in [6, 6.07) is 5.12. The van der Waals surface area contributed by atoms with E-state index in [2.05, 4.69) is 5.32 Å². The number of aromatic hydroxyl groups is 1. The number of carboxylic acid groups (broad SMARTS) is 1. The first-order valence-electron chi connectivity index (χ1n) is 6.82. The molecule has 0 bridgehead atoms. The van der Waals surface area contributed by atoms with Crippen LogP contribution < -0.4 is 10.2 Å².